The van der Waals surface area contributed by atoms with Gasteiger partial charge in [-0.15, -0.1) is 0 Å². The van der Waals surface area contributed by atoms with Gasteiger partial charge in [0.25, 0.3) is 0 Å². The number of hydrogen-bond donors (Lipinski definition) is 1. The summed E-state index contributed by atoms with van der Waals surface area (Å²) in [6.07, 6.45) is -4.63. The maximum Gasteiger partial charge on any atom is 0.419 e. The summed E-state index contributed by atoms with van der Waals surface area (Å²) in [5.41, 5.74) is -0.383. The fraction of sp³-hybridized carbons (Fsp3) is 0.222. The van der Waals surface area contributed by atoms with Crippen molar-refractivity contribution in [1.82, 2.24) is 0 Å². The molecular weight excluding hydrogens is 383 g/mol. The van der Waals surface area contributed by atoms with Gasteiger partial charge in [-0.05, 0) is 24.9 Å². The number of amidine groups is 1. The second-order valence-corrected chi connectivity index (χ2v) is 5.94. The molecule has 1 aliphatic rings. The van der Waals surface area contributed by atoms with Crippen molar-refractivity contribution >= 4 is 35.5 Å². The number of rotatable bonds is 3. The van der Waals surface area contributed by atoms with Crippen molar-refractivity contribution in [2.45, 2.75) is 6.18 Å². The molecule has 0 spiro atoms. The van der Waals surface area contributed by atoms with Crippen LogP contribution < -0.4 is 14.8 Å². The zero-order valence-electron chi connectivity index (χ0n) is 14.2. The second-order valence-electron chi connectivity index (χ2n) is 5.53. The first kappa shape index (κ1) is 19.0. The van der Waals surface area contributed by atoms with Crippen LogP contribution in [0.25, 0.3) is 0 Å². The number of ether oxygens (including phenoxy) is 2. The van der Waals surface area contributed by atoms with E-state index in [4.69, 9.17) is 21.1 Å². The van der Waals surface area contributed by atoms with Crippen LogP contribution in [-0.2, 0) is 6.18 Å². The summed E-state index contributed by atoms with van der Waals surface area (Å²) >= 11 is 5.78. The summed E-state index contributed by atoms with van der Waals surface area (Å²) in [5, 5.41) is 2.29. The van der Waals surface area contributed by atoms with Gasteiger partial charge in [0.05, 0.1) is 22.0 Å². The standard InChI is InChI=1S/C18H15ClF3N3O2/c1-23-13-9-15-14(26-6-7-27-15)8-10(13)17(24-2)25-12-5-3-4-11(19)16(12)18(20,21)22/h3-5,8-9H,1,6-7H2,2H3,(H,24,25). The maximum absolute atomic E-state index is 13.4. The molecule has 0 radical (unpaired) electrons. The van der Waals surface area contributed by atoms with E-state index in [1.54, 1.807) is 12.1 Å². The van der Waals surface area contributed by atoms with E-state index in [0.717, 1.165) is 0 Å². The first-order valence-electron chi connectivity index (χ1n) is 7.85. The minimum absolute atomic E-state index is 0.155. The van der Waals surface area contributed by atoms with Crippen LogP contribution in [-0.4, -0.2) is 32.8 Å². The number of anilines is 1. The first-order valence-corrected chi connectivity index (χ1v) is 8.23. The molecule has 0 unspecified atom stereocenters. The zero-order valence-corrected chi connectivity index (χ0v) is 15.0. The van der Waals surface area contributed by atoms with Crippen LogP contribution in [0, 0.1) is 0 Å². The van der Waals surface area contributed by atoms with Gasteiger partial charge in [-0.3, -0.25) is 9.98 Å². The Labute approximate surface area is 158 Å². The van der Waals surface area contributed by atoms with E-state index >= 15 is 0 Å². The van der Waals surface area contributed by atoms with Crippen molar-refractivity contribution in [2.24, 2.45) is 9.98 Å². The quantitative estimate of drug-likeness (QED) is 0.589. The molecule has 142 valence electrons. The SMILES string of the molecule is C=Nc1cc2c(cc1/C(=N\C)Nc1cccc(Cl)c1C(F)(F)F)OCCO2. The van der Waals surface area contributed by atoms with Gasteiger partial charge in [-0.1, -0.05) is 17.7 Å². The largest absolute Gasteiger partial charge is 0.486 e. The van der Waals surface area contributed by atoms with Gasteiger partial charge in [0, 0.05) is 18.7 Å². The van der Waals surface area contributed by atoms with E-state index in [9.17, 15) is 13.2 Å². The summed E-state index contributed by atoms with van der Waals surface area (Å²) in [5.74, 6) is 1.09. The van der Waals surface area contributed by atoms with Crippen LogP contribution in [0.2, 0.25) is 5.02 Å². The molecular formula is C18H15ClF3N3O2. The molecule has 2 aromatic rings. The molecule has 1 N–H and O–H groups in total. The highest BCUT2D eigenvalue weighted by Crippen LogP contribution is 2.41. The molecule has 27 heavy (non-hydrogen) atoms. The molecule has 2 aromatic carbocycles. The zero-order chi connectivity index (χ0) is 19.6. The predicted octanol–water partition coefficient (Wildman–Crippen LogP) is 4.95. The van der Waals surface area contributed by atoms with Gasteiger partial charge >= 0.3 is 6.18 Å². The van der Waals surface area contributed by atoms with Gasteiger partial charge in [0.2, 0.25) is 0 Å². The smallest absolute Gasteiger partial charge is 0.419 e. The maximum atomic E-state index is 13.4. The van der Waals surface area contributed by atoms with E-state index in [1.165, 1.54) is 25.2 Å². The Hall–Kier alpha value is -2.74. The third-order valence-corrected chi connectivity index (χ3v) is 4.17. The summed E-state index contributed by atoms with van der Waals surface area (Å²) in [6.45, 7) is 4.27. The lowest BCUT2D eigenvalue weighted by atomic mass is 10.1. The summed E-state index contributed by atoms with van der Waals surface area (Å²) in [4.78, 5) is 8.00. The minimum Gasteiger partial charge on any atom is -0.486 e. The molecule has 5 nitrogen and oxygen atoms in total. The second kappa shape index (κ2) is 7.48. The summed E-state index contributed by atoms with van der Waals surface area (Å²) in [7, 11) is 1.45. The van der Waals surface area contributed by atoms with Crippen LogP contribution in [0.4, 0.5) is 24.5 Å². The average Bonchev–Trinajstić information content (AvgIpc) is 2.64. The van der Waals surface area contributed by atoms with Crippen molar-refractivity contribution in [3.05, 3.63) is 46.5 Å². The number of benzene rings is 2. The monoisotopic (exact) mass is 397 g/mol. The molecule has 0 bridgehead atoms. The van der Waals surface area contributed by atoms with E-state index in [-0.39, 0.29) is 11.5 Å². The Kier molecular flexibility index (Phi) is 5.27. The predicted molar refractivity (Wildman–Crippen MR) is 99.2 cm³/mol. The number of nitrogens with zero attached hydrogens (tertiary/aromatic N) is 2. The van der Waals surface area contributed by atoms with E-state index in [0.29, 0.717) is 36.0 Å². The lowest BCUT2D eigenvalue weighted by molar-refractivity contribution is -0.136. The van der Waals surface area contributed by atoms with Gasteiger partial charge in [0.15, 0.2) is 11.5 Å². The van der Waals surface area contributed by atoms with Crippen molar-refractivity contribution < 1.29 is 22.6 Å². The Morgan fingerprint density at radius 2 is 1.85 bits per heavy atom. The summed E-state index contributed by atoms with van der Waals surface area (Å²) in [6, 6.07) is 7.08. The molecule has 0 amide bonds. The van der Waals surface area contributed by atoms with Gasteiger partial charge in [0.1, 0.15) is 19.0 Å². The van der Waals surface area contributed by atoms with Crippen molar-refractivity contribution in [3.8, 4) is 11.5 Å². The number of fused-ring (bicyclic) bond motifs is 1. The van der Waals surface area contributed by atoms with E-state index in [1.807, 2.05) is 0 Å². The molecule has 0 saturated carbocycles. The Bertz CT molecular complexity index is 913. The Balaban J connectivity index is 2.06. The fourth-order valence-electron chi connectivity index (χ4n) is 2.69. The Morgan fingerprint density at radius 3 is 2.44 bits per heavy atom. The van der Waals surface area contributed by atoms with Crippen LogP contribution in [0.5, 0.6) is 11.5 Å². The fourth-order valence-corrected chi connectivity index (χ4v) is 2.97. The topological polar surface area (TPSA) is 55.2 Å². The molecule has 9 heteroatoms. The molecule has 0 atom stereocenters. The lowest BCUT2D eigenvalue weighted by Crippen LogP contribution is -2.20. The third-order valence-electron chi connectivity index (χ3n) is 3.86. The Morgan fingerprint density at radius 1 is 1.19 bits per heavy atom. The minimum atomic E-state index is -4.63. The molecule has 0 fully saturated rings. The molecule has 0 saturated heterocycles. The number of nitrogens with one attached hydrogen (secondary N) is 1. The highest BCUT2D eigenvalue weighted by Gasteiger charge is 2.36. The molecule has 3 rings (SSSR count). The van der Waals surface area contributed by atoms with Crippen molar-refractivity contribution in [1.29, 1.82) is 0 Å². The van der Waals surface area contributed by atoms with Crippen molar-refractivity contribution in [2.75, 3.05) is 25.6 Å². The summed E-state index contributed by atoms with van der Waals surface area (Å²) < 4.78 is 51.2. The number of halogens is 4. The van der Waals surface area contributed by atoms with Gasteiger partial charge < -0.3 is 14.8 Å². The first-order chi connectivity index (χ1) is 12.8. The van der Waals surface area contributed by atoms with Gasteiger partial charge in [-0.2, -0.15) is 13.2 Å². The van der Waals surface area contributed by atoms with Crippen molar-refractivity contribution in [3.63, 3.8) is 0 Å². The normalized spacial score (nSPS) is 14.0. The lowest BCUT2D eigenvalue weighted by Gasteiger charge is -2.21. The highest BCUT2D eigenvalue weighted by molar-refractivity contribution is 6.32. The number of alkyl halides is 3. The van der Waals surface area contributed by atoms with Crippen LogP contribution in [0.15, 0.2) is 40.3 Å². The average molecular weight is 398 g/mol. The number of hydrogen-bond acceptors (Lipinski definition) is 4. The van der Waals surface area contributed by atoms with Crippen LogP contribution >= 0.6 is 11.6 Å². The molecule has 0 aromatic heterocycles. The molecule has 0 aliphatic carbocycles. The molecule has 1 heterocycles. The molecule has 1 aliphatic heterocycles. The van der Waals surface area contributed by atoms with E-state index in [2.05, 4.69) is 22.0 Å². The van der Waals surface area contributed by atoms with Crippen LogP contribution in [0.1, 0.15) is 11.1 Å². The number of aliphatic imine (C=N–C) groups is 2. The van der Waals surface area contributed by atoms with E-state index < -0.39 is 16.8 Å². The van der Waals surface area contributed by atoms with Crippen LogP contribution in [0.3, 0.4) is 0 Å². The highest BCUT2D eigenvalue weighted by atomic mass is 35.5. The van der Waals surface area contributed by atoms with Gasteiger partial charge in [-0.25, -0.2) is 0 Å². The third kappa shape index (κ3) is 3.85.